The molecule has 110 valence electrons. The molecule has 0 saturated carbocycles. The number of aromatic nitrogens is 3. The van der Waals surface area contributed by atoms with Gasteiger partial charge in [0.15, 0.2) is 0 Å². The van der Waals surface area contributed by atoms with Gasteiger partial charge >= 0.3 is 0 Å². The molecule has 0 atom stereocenters. The van der Waals surface area contributed by atoms with Crippen LogP contribution in [0.3, 0.4) is 0 Å². The number of nitrogens with one attached hydrogen (secondary N) is 1. The lowest BCUT2D eigenvalue weighted by Crippen LogP contribution is -2.01. The molecule has 3 aromatic rings. The summed E-state index contributed by atoms with van der Waals surface area (Å²) in [6.45, 7) is 0.589. The van der Waals surface area contributed by atoms with Crippen LogP contribution in [-0.4, -0.2) is 15.0 Å². The van der Waals surface area contributed by atoms with Gasteiger partial charge in [0, 0.05) is 24.5 Å². The van der Waals surface area contributed by atoms with Crippen molar-refractivity contribution in [3.63, 3.8) is 0 Å². The molecule has 3 rings (SSSR count). The molecular formula is C16H13FN4O. The number of hydrogen-bond donors (Lipinski definition) is 1. The number of pyridine rings is 1. The summed E-state index contributed by atoms with van der Waals surface area (Å²) in [5.74, 6) is 1.57. The highest BCUT2D eigenvalue weighted by Gasteiger charge is 2.00. The van der Waals surface area contributed by atoms with E-state index in [0.717, 1.165) is 11.4 Å². The lowest BCUT2D eigenvalue weighted by Gasteiger charge is -2.07. The maximum Gasteiger partial charge on any atom is 0.145 e. The molecule has 5 nitrogen and oxygen atoms in total. The van der Waals surface area contributed by atoms with E-state index in [0.29, 0.717) is 18.0 Å². The Balaban J connectivity index is 1.59. The first-order valence-corrected chi connectivity index (χ1v) is 6.67. The zero-order chi connectivity index (χ0) is 15.2. The van der Waals surface area contributed by atoms with Gasteiger partial charge in [-0.15, -0.1) is 0 Å². The van der Waals surface area contributed by atoms with Crippen molar-refractivity contribution in [2.24, 2.45) is 0 Å². The quantitative estimate of drug-likeness (QED) is 0.781. The molecule has 0 bridgehead atoms. The van der Waals surface area contributed by atoms with Crippen molar-refractivity contribution < 1.29 is 9.13 Å². The van der Waals surface area contributed by atoms with Crippen LogP contribution >= 0.6 is 0 Å². The molecule has 1 aromatic carbocycles. The zero-order valence-electron chi connectivity index (χ0n) is 11.6. The topological polar surface area (TPSA) is 59.9 Å². The van der Waals surface area contributed by atoms with E-state index in [1.807, 2.05) is 6.07 Å². The molecule has 0 aliphatic rings. The third kappa shape index (κ3) is 3.76. The van der Waals surface area contributed by atoms with Crippen LogP contribution in [0.25, 0.3) is 0 Å². The predicted molar refractivity (Wildman–Crippen MR) is 80.1 cm³/mol. The van der Waals surface area contributed by atoms with Gasteiger partial charge in [0.2, 0.25) is 0 Å². The minimum atomic E-state index is -0.296. The molecule has 6 heteroatoms. The standard InChI is InChI=1S/C16H13FN4O/c17-13-1-3-14(4-2-13)22-15-5-6-16(21-10-15)20-9-12-7-18-11-19-8-12/h1-8,10-11H,9H2,(H,20,21). The molecule has 22 heavy (non-hydrogen) atoms. The Morgan fingerprint density at radius 1 is 0.909 bits per heavy atom. The van der Waals surface area contributed by atoms with Crippen molar-refractivity contribution in [1.82, 2.24) is 15.0 Å². The van der Waals surface area contributed by atoms with Crippen molar-refractivity contribution in [2.75, 3.05) is 5.32 Å². The predicted octanol–water partition coefficient (Wildman–Crippen LogP) is 3.42. The van der Waals surface area contributed by atoms with Crippen molar-refractivity contribution in [1.29, 1.82) is 0 Å². The fraction of sp³-hybridized carbons (Fsp3) is 0.0625. The van der Waals surface area contributed by atoms with Crippen molar-refractivity contribution >= 4 is 5.82 Å². The molecule has 1 N–H and O–H groups in total. The molecular weight excluding hydrogens is 283 g/mol. The third-order valence-electron chi connectivity index (χ3n) is 2.87. The van der Waals surface area contributed by atoms with E-state index in [2.05, 4.69) is 20.3 Å². The smallest absolute Gasteiger partial charge is 0.145 e. The van der Waals surface area contributed by atoms with E-state index < -0.39 is 0 Å². The molecule has 0 spiro atoms. The van der Waals surface area contributed by atoms with Crippen molar-refractivity contribution in [2.45, 2.75) is 6.54 Å². The first-order chi connectivity index (χ1) is 10.8. The van der Waals surface area contributed by atoms with Gasteiger partial charge in [0.05, 0.1) is 6.20 Å². The minimum Gasteiger partial charge on any atom is -0.456 e. The Hall–Kier alpha value is -3.02. The Kier molecular flexibility index (Phi) is 4.20. The van der Waals surface area contributed by atoms with E-state index in [4.69, 9.17) is 4.74 Å². The maximum atomic E-state index is 12.8. The molecule has 0 unspecified atom stereocenters. The fourth-order valence-corrected chi connectivity index (χ4v) is 1.80. The normalized spacial score (nSPS) is 10.2. The van der Waals surface area contributed by atoms with Crippen LogP contribution in [0.5, 0.6) is 11.5 Å². The highest BCUT2D eigenvalue weighted by molar-refractivity contribution is 5.39. The van der Waals surface area contributed by atoms with Crippen LogP contribution in [0.2, 0.25) is 0 Å². The molecule has 0 saturated heterocycles. The van der Waals surface area contributed by atoms with Crippen LogP contribution in [0.15, 0.2) is 61.3 Å². The summed E-state index contributed by atoms with van der Waals surface area (Å²) in [5.41, 5.74) is 0.968. The molecule has 0 fully saturated rings. The van der Waals surface area contributed by atoms with Gasteiger partial charge in [0.1, 0.15) is 29.5 Å². The Morgan fingerprint density at radius 2 is 1.64 bits per heavy atom. The van der Waals surface area contributed by atoms with Crippen LogP contribution in [0, 0.1) is 5.82 Å². The second kappa shape index (κ2) is 6.62. The van der Waals surface area contributed by atoms with E-state index in [1.54, 1.807) is 36.8 Å². The van der Waals surface area contributed by atoms with Gasteiger partial charge in [-0.2, -0.15) is 0 Å². The van der Waals surface area contributed by atoms with Crippen LogP contribution in [0.1, 0.15) is 5.56 Å². The molecule has 2 heterocycles. The largest absolute Gasteiger partial charge is 0.456 e. The summed E-state index contributed by atoms with van der Waals surface area (Å²) < 4.78 is 18.4. The summed E-state index contributed by atoms with van der Waals surface area (Å²) in [6.07, 6.45) is 6.58. The first-order valence-electron chi connectivity index (χ1n) is 6.67. The van der Waals surface area contributed by atoms with E-state index in [9.17, 15) is 4.39 Å². The maximum absolute atomic E-state index is 12.8. The van der Waals surface area contributed by atoms with Crippen LogP contribution in [0.4, 0.5) is 10.2 Å². The second-order valence-electron chi connectivity index (χ2n) is 4.54. The molecule has 0 aliphatic carbocycles. The van der Waals surface area contributed by atoms with E-state index >= 15 is 0 Å². The van der Waals surface area contributed by atoms with Crippen molar-refractivity contribution in [3.8, 4) is 11.5 Å². The van der Waals surface area contributed by atoms with Gasteiger partial charge in [-0.1, -0.05) is 0 Å². The highest BCUT2D eigenvalue weighted by atomic mass is 19.1. The van der Waals surface area contributed by atoms with E-state index in [1.165, 1.54) is 18.5 Å². The van der Waals surface area contributed by atoms with Crippen molar-refractivity contribution in [3.05, 3.63) is 72.7 Å². The number of rotatable bonds is 5. The molecule has 0 amide bonds. The number of ether oxygens (including phenoxy) is 1. The zero-order valence-corrected chi connectivity index (χ0v) is 11.6. The average molecular weight is 296 g/mol. The summed E-state index contributed by atoms with van der Waals surface area (Å²) in [7, 11) is 0. The molecule has 0 radical (unpaired) electrons. The lowest BCUT2D eigenvalue weighted by atomic mass is 10.3. The fourth-order valence-electron chi connectivity index (χ4n) is 1.80. The number of hydrogen-bond acceptors (Lipinski definition) is 5. The summed E-state index contributed by atoms with van der Waals surface area (Å²) in [6, 6.07) is 9.43. The first kappa shape index (κ1) is 13.9. The summed E-state index contributed by atoms with van der Waals surface area (Å²) >= 11 is 0. The third-order valence-corrected chi connectivity index (χ3v) is 2.87. The number of anilines is 1. The Labute approximate surface area is 126 Å². The molecule has 2 aromatic heterocycles. The lowest BCUT2D eigenvalue weighted by molar-refractivity contribution is 0.478. The highest BCUT2D eigenvalue weighted by Crippen LogP contribution is 2.21. The monoisotopic (exact) mass is 296 g/mol. The average Bonchev–Trinajstić information content (AvgIpc) is 2.57. The second-order valence-corrected chi connectivity index (χ2v) is 4.54. The summed E-state index contributed by atoms with van der Waals surface area (Å²) in [5, 5.41) is 3.16. The van der Waals surface area contributed by atoms with E-state index in [-0.39, 0.29) is 5.82 Å². The van der Waals surface area contributed by atoms with Gasteiger partial charge in [-0.05, 0) is 36.4 Å². The summed E-state index contributed by atoms with van der Waals surface area (Å²) in [4.78, 5) is 12.1. The van der Waals surface area contributed by atoms with Gasteiger partial charge < -0.3 is 10.1 Å². The van der Waals surface area contributed by atoms with Crippen LogP contribution < -0.4 is 10.1 Å². The molecule has 0 aliphatic heterocycles. The Bertz CT molecular complexity index is 717. The Morgan fingerprint density at radius 3 is 2.32 bits per heavy atom. The van der Waals surface area contributed by atoms with Gasteiger partial charge in [-0.25, -0.2) is 19.3 Å². The SMILES string of the molecule is Fc1ccc(Oc2ccc(NCc3cncnc3)nc2)cc1. The van der Waals surface area contributed by atoms with Crippen LogP contribution in [-0.2, 0) is 6.54 Å². The number of benzene rings is 1. The van der Waals surface area contributed by atoms with Gasteiger partial charge in [-0.3, -0.25) is 0 Å². The number of nitrogens with zero attached hydrogens (tertiary/aromatic N) is 3. The van der Waals surface area contributed by atoms with Gasteiger partial charge in [0.25, 0.3) is 0 Å². The number of halogens is 1. The minimum absolute atomic E-state index is 0.296.